The van der Waals surface area contributed by atoms with Crippen molar-refractivity contribution in [2.75, 3.05) is 42.9 Å². The van der Waals surface area contributed by atoms with Gasteiger partial charge in [-0.1, -0.05) is 24.6 Å². The van der Waals surface area contributed by atoms with Gasteiger partial charge >= 0.3 is 0 Å². The van der Waals surface area contributed by atoms with Crippen LogP contribution in [0.4, 0.5) is 11.4 Å². The summed E-state index contributed by atoms with van der Waals surface area (Å²) < 4.78 is 5.77. The third-order valence-electron chi connectivity index (χ3n) is 5.78. The number of anilines is 2. The minimum Gasteiger partial charge on any atom is -0.486 e. The Hall–Kier alpha value is -2.90. The van der Waals surface area contributed by atoms with E-state index in [2.05, 4.69) is 40.0 Å². The molecule has 1 aliphatic heterocycles. The largest absolute Gasteiger partial charge is 0.486 e. The van der Waals surface area contributed by atoms with Gasteiger partial charge in [0.15, 0.2) is 0 Å². The lowest BCUT2D eigenvalue weighted by atomic mass is 10.1. The quantitative estimate of drug-likeness (QED) is 0.564. The Bertz CT molecular complexity index is 1060. The summed E-state index contributed by atoms with van der Waals surface area (Å²) in [6.07, 6.45) is 0. The van der Waals surface area contributed by atoms with E-state index in [9.17, 15) is 4.79 Å². The predicted molar refractivity (Wildman–Crippen MR) is 131 cm³/mol. The second kappa shape index (κ2) is 10.1. The number of rotatable bonds is 7. The Morgan fingerprint density at radius 3 is 2.53 bits per heavy atom. The molecule has 0 spiro atoms. The molecule has 7 heteroatoms. The molecule has 3 aromatic rings. The third-order valence-corrected chi connectivity index (χ3v) is 6.60. The van der Waals surface area contributed by atoms with Crippen LogP contribution in [0.15, 0.2) is 47.8 Å². The normalized spacial score (nSPS) is 14.4. The van der Waals surface area contributed by atoms with E-state index in [4.69, 9.17) is 4.74 Å². The lowest BCUT2D eigenvalue weighted by Gasteiger charge is -2.36. The number of carbonyl (C=O) groups is 1. The molecular weight excluding hydrogens is 420 g/mol. The Balaban J connectivity index is 1.33. The Labute approximate surface area is 193 Å². The maximum atomic E-state index is 12.7. The minimum atomic E-state index is -0.202. The maximum Gasteiger partial charge on any atom is 0.275 e. The average Bonchev–Trinajstić information content (AvgIpc) is 3.28. The Morgan fingerprint density at radius 2 is 1.84 bits per heavy atom. The lowest BCUT2D eigenvalue weighted by Crippen LogP contribution is -2.46. The van der Waals surface area contributed by atoms with E-state index >= 15 is 0 Å². The number of carbonyl (C=O) groups excluding carboxylic acids is 1. The van der Waals surface area contributed by atoms with Crippen LogP contribution in [-0.2, 0) is 6.61 Å². The van der Waals surface area contributed by atoms with Crippen molar-refractivity contribution in [3.8, 4) is 5.75 Å². The van der Waals surface area contributed by atoms with Crippen LogP contribution in [0, 0.1) is 13.8 Å². The standard InChI is InChI=1S/C25H30N4O2S/c1-4-28-11-13-29(14-12-28)23-10-7-20(15-19(23)3)26-25(30)22-17-32-24(27-22)16-31-21-8-5-18(2)6-9-21/h5-10,15,17H,4,11-14,16H2,1-3H3,(H,26,30). The zero-order chi connectivity index (χ0) is 22.5. The fourth-order valence-electron chi connectivity index (χ4n) is 3.85. The van der Waals surface area contributed by atoms with Crippen molar-refractivity contribution in [2.45, 2.75) is 27.4 Å². The van der Waals surface area contributed by atoms with Gasteiger partial charge in [0.25, 0.3) is 5.91 Å². The molecule has 2 heterocycles. The molecule has 0 bridgehead atoms. The molecule has 32 heavy (non-hydrogen) atoms. The molecule has 168 valence electrons. The van der Waals surface area contributed by atoms with Gasteiger partial charge in [-0.15, -0.1) is 11.3 Å². The molecule has 0 saturated carbocycles. The first-order valence-corrected chi connectivity index (χ1v) is 11.9. The van der Waals surface area contributed by atoms with Crippen LogP contribution in [0.1, 0.15) is 33.5 Å². The molecule has 1 amide bonds. The summed E-state index contributed by atoms with van der Waals surface area (Å²) in [7, 11) is 0. The summed E-state index contributed by atoms with van der Waals surface area (Å²) in [5.74, 6) is 0.593. The van der Waals surface area contributed by atoms with Gasteiger partial charge in [0, 0.05) is 42.9 Å². The SMILES string of the molecule is CCN1CCN(c2ccc(NC(=O)c3csc(COc4ccc(C)cc4)n3)cc2C)CC1. The van der Waals surface area contributed by atoms with Gasteiger partial charge in [-0.25, -0.2) is 4.98 Å². The van der Waals surface area contributed by atoms with E-state index in [1.807, 2.05) is 43.3 Å². The van der Waals surface area contributed by atoms with Crippen LogP contribution in [-0.4, -0.2) is 48.5 Å². The third kappa shape index (κ3) is 5.47. The van der Waals surface area contributed by atoms with Crippen molar-refractivity contribution < 1.29 is 9.53 Å². The van der Waals surface area contributed by atoms with Gasteiger partial charge in [0.05, 0.1) is 0 Å². The van der Waals surface area contributed by atoms with Crippen LogP contribution in [0.5, 0.6) is 5.75 Å². The highest BCUT2D eigenvalue weighted by atomic mass is 32.1. The first-order chi connectivity index (χ1) is 15.5. The number of benzene rings is 2. The second-order valence-corrected chi connectivity index (χ2v) is 9.05. The summed E-state index contributed by atoms with van der Waals surface area (Å²) in [6, 6.07) is 14.0. The zero-order valence-corrected chi connectivity index (χ0v) is 19.7. The molecule has 1 N–H and O–H groups in total. The lowest BCUT2D eigenvalue weighted by molar-refractivity contribution is 0.102. The molecule has 0 unspecified atom stereocenters. The van der Waals surface area contributed by atoms with E-state index in [1.165, 1.54) is 28.2 Å². The van der Waals surface area contributed by atoms with Crippen molar-refractivity contribution >= 4 is 28.6 Å². The Morgan fingerprint density at radius 1 is 1.09 bits per heavy atom. The van der Waals surface area contributed by atoms with Gasteiger partial charge in [0.1, 0.15) is 23.1 Å². The topological polar surface area (TPSA) is 57.7 Å². The van der Waals surface area contributed by atoms with Crippen LogP contribution in [0.25, 0.3) is 0 Å². The number of piperazine rings is 1. The monoisotopic (exact) mass is 450 g/mol. The molecular formula is C25H30N4O2S. The molecule has 6 nitrogen and oxygen atoms in total. The molecule has 0 atom stereocenters. The average molecular weight is 451 g/mol. The van der Waals surface area contributed by atoms with Crippen molar-refractivity contribution in [3.63, 3.8) is 0 Å². The van der Waals surface area contributed by atoms with Crippen LogP contribution in [0.2, 0.25) is 0 Å². The molecule has 1 fully saturated rings. The molecule has 1 aromatic heterocycles. The fourth-order valence-corrected chi connectivity index (χ4v) is 4.53. The smallest absolute Gasteiger partial charge is 0.275 e. The molecule has 1 saturated heterocycles. The molecule has 0 radical (unpaired) electrons. The number of ether oxygens (including phenoxy) is 1. The van der Waals surface area contributed by atoms with Crippen molar-refractivity contribution in [2.24, 2.45) is 0 Å². The molecule has 4 rings (SSSR count). The summed E-state index contributed by atoms with van der Waals surface area (Å²) in [6.45, 7) is 12.1. The number of aromatic nitrogens is 1. The van der Waals surface area contributed by atoms with Crippen molar-refractivity contribution in [1.82, 2.24) is 9.88 Å². The van der Waals surface area contributed by atoms with Crippen molar-refractivity contribution in [1.29, 1.82) is 0 Å². The van der Waals surface area contributed by atoms with Gasteiger partial charge in [-0.05, 0) is 56.3 Å². The number of nitrogens with one attached hydrogen (secondary N) is 1. The number of aryl methyl sites for hydroxylation is 2. The highest BCUT2D eigenvalue weighted by Gasteiger charge is 2.18. The van der Waals surface area contributed by atoms with E-state index in [-0.39, 0.29) is 5.91 Å². The number of hydrogen-bond acceptors (Lipinski definition) is 6. The highest BCUT2D eigenvalue weighted by molar-refractivity contribution is 7.09. The number of amides is 1. The van der Waals surface area contributed by atoms with Crippen LogP contribution in [0.3, 0.4) is 0 Å². The fraction of sp³-hybridized carbons (Fsp3) is 0.360. The van der Waals surface area contributed by atoms with Gasteiger partial charge in [0.2, 0.25) is 0 Å². The summed E-state index contributed by atoms with van der Waals surface area (Å²) >= 11 is 1.43. The van der Waals surface area contributed by atoms with Crippen LogP contribution >= 0.6 is 11.3 Å². The zero-order valence-electron chi connectivity index (χ0n) is 18.9. The van der Waals surface area contributed by atoms with E-state index in [1.54, 1.807) is 5.38 Å². The Kier molecular flexibility index (Phi) is 7.07. The molecule has 2 aromatic carbocycles. The minimum absolute atomic E-state index is 0.202. The first-order valence-electron chi connectivity index (χ1n) is 11.0. The number of hydrogen-bond donors (Lipinski definition) is 1. The van der Waals surface area contributed by atoms with Crippen molar-refractivity contribution in [3.05, 3.63) is 69.7 Å². The summed E-state index contributed by atoms with van der Waals surface area (Å²) in [4.78, 5) is 22.0. The van der Waals surface area contributed by atoms with Gasteiger partial charge < -0.3 is 19.9 Å². The molecule has 0 aliphatic carbocycles. The van der Waals surface area contributed by atoms with E-state index in [0.29, 0.717) is 12.3 Å². The predicted octanol–water partition coefficient (Wildman–Crippen LogP) is 4.73. The number of nitrogens with zero attached hydrogens (tertiary/aromatic N) is 3. The second-order valence-electron chi connectivity index (χ2n) is 8.10. The van der Waals surface area contributed by atoms with Gasteiger partial charge in [-0.3, -0.25) is 4.79 Å². The summed E-state index contributed by atoms with van der Waals surface area (Å²) in [5, 5.41) is 5.52. The number of likely N-dealkylation sites (N-methyl/N-ethyl adjacent to an activating group) is 1. The summed E-state index contributed by atoms with van der Waals surface area (Å²) in [5.41, 5.74) is 4.79. The number of thiazole rings is 1. The van der Waals surface area contributed by atoms with Gasteiger partial charge in [-0.2, -0.15) is 0 Å². The van der Waals surface area contributed by atoms with E-state index < -0.39 is 0 Å². The highest BCUT2D eigenvalue weighted by Crippen LogP contribution is 2.25. The molecule has 1 aliphatic rings. The first kappa shape index (κ1) is 22.3. The maximum absolute atomic E-state index is 12.7. The van der Waals surface area contributed by atoms with E-state index in [0.717, 1.165) is 49.2 Å². The van der Waals surface area contributed by atoms with Crippen LogP contribution < -0.4 is 15.0 Å².